The molecule has 0 amide bonds. The third kappa shape index (κ3) is 5.74. The van der Waals surface area contributed by atoms with Gasteiger partial charge in [0.25, 0.3) is 5.09 Å². The van der Waals surface area contributed by atoms with Gasteiger partial charge in [0.2, 0.25) is 0 Å². The summed E-state index contributed by atoms with van der Waals surface area (Å²) in [6.07, 6.45) is 6.85. The number of rotatable bonds is 9. The van der Waals surface area contributed by atoms with Crippen LogP contribution in [0.15, 0.2) is 53.4 Å². The molecule has 0 unspecified atom stereocenters. The van der Waals surface area contributed by atoms with Crippen LogP contribution in [-0.2, 0) is 27.9 Å². The topological polar surface area (TPSA) is 124 Å². The molecule has 34 heavy (non-hydrogen) atoms. The SMILES string of the molecule is CS(=O)(=O)c1ccc(-c2n[nH]c(COc3cccc(CO[N+](=O)[O-])c3)c2C2CCCCC2)cc1. The van der Waals surface area contributed by atoms with Gasteiger partial charge < -0.3 is 9.57 Å². The summed E-state index contributed by atoms with van der Waals surface area (Å²) >= 11 is 0. The maximum absolute atomic E-state index is 11.8. The van der Waals surface area contributed by atoms with Crippen LogP contribution in [-0.4, -0.2) is 30.0 Å². The van der Waals surface area contributed by atoms with Crippen LogP contribution < -0.4 is 4.74 Å². The third-order valence-electron chi connectivity index (χ3n) is 6.07. The molecule has 2 aromatic carbocycles. The highest BCUT2D eigenvalue weighted by Crippen LogP contribution is 2.39. The van der Waals surface area contributed by atoms with Gasteiger partial charge in [0.1, 0.15) is 19.0 Å². The molecule has 1 heterocycles. The van der Waals surface area contributed by atoms with Gasteiger partial charge in [0, 0.05) is 17.4 Å². The van der Waals surface area contributed by atoms with Gasteiger partial charge in [-0.1, -0.05) is 43.5 Å². The second-order valence-corrected chi connectivity index (χ2v) is 10.5. The predicted molar refractivity (Wildman–Crippen MR) is 126 cm³/mol. The predicted octanol–water partition coefficient (Wildman–Crippen LogP) is 4.82. The van der Waals surface area contributed by atoms with E-state index in [4.69, 9.17) is 4.74 Å². The summed E-state index contributed by atoms with van der Waals surface area (Å²) in [5, 5.41) is 17.3. The fourth-order valence-corrected chi connectivity index (χ4v) is 5.05. The molecule has 1 aliphatic rings. The molecule has 180 valence electrons. The molecule has 1 aliphatic carbocycles. The molecule has 0 atom stereocenters. The van der Waals surface area contributed by atoms with Crippen molar-refractivity contribution in [2.75, 3.05) is 6.26 Å². The van der Waals surface area contributed by atoms with E-state index < -0.39 is 14.9 Å². The Labute approximate surface area is 198 Å². The van der Waals surface area contributed by atoms with Crippen molar-refractivity contribution in [2.24, 2.45) is 0 Å². The molecule has 0 spiro atoms. The van der Waals surface area contributed by atoms with Crippen LogP contribution in [0.2, 0.25) is 0 Å². The smallest absolute Gasteiger partial charge is 0.294 e. The van der Waals surface area contributed by atoms with E-state index in [-0.39, 0.29) is 18.1 Å². The van der Waals surface area contributed by atoms with Gasteiger partial charge in [-0.05, 0) is 48.6 Å². The van der Waals surface area contributed by atoms with Crippen molar-refractivity contribution in [1.29, 1.82) is 0 Å². The summed E-state index contributed by atoms with van der Waals surface area (Å²) in [5.74, 6) is 0.920. The molecule has 1 N–H and O–H groups in total. The molecule has 1 aromatic heterocycles. The van der Waals surface area contributed by atoms with Crippen LogP contribution >= 0.6 is 0 Å². The minimum atomic E-state index is -3.27. The molecule has 10 heteroatoms. The molecule has 0 saturated heterocycles. The molecule has 0 aliphatic heterocycles. The summed E-state index contributed by atoms with van der Waals surface area (Å²) in [6.45, 7) is 0.120. The minimum Gasteiger partial charge on any atom is -0.487 e. The molecular formula is C24H27N3O6S. The van der Waals surface area contributed by atoms with E-state index >= 15 is 0 Å². The Kier molecular flexibility index (Phi) is 7.16. The maximum atomic E-state index is 11.8. The number of ether oxygens (including phenoxy) is 1. The van der Waals surface area contributed by atoms with Crippen molar-refractivity contribution in [3.05, 3.63) is 75.5 Å². The lowest BCUT2D eigenvalue weighted by Crippen LogP contribution is -2.09. The number of hydrogen-bond donors (Lipinski definition) is 1. The van der Waals surface area contributed by atoms with Crippen molar-refractivity contribution >= 4 is 9.84 Å². The van der Waals surface area contributed by atoms with Crippen LogP contribution in [0.4, 0.5) is 0 Å². The largest absolute Gasteiger partial charge is 0.487 e. The number of sulfone groups is 1. The van der Waals surface area contributed by atoms with Crippen molar-refractivity contribution in [1.82, 2.24) is 10.2 Å². The summed E-state index contributed by atoms with van der Waals surface area (Å²) in [6, 6.07) is 13.8. The highest BCUT2D eigenvalue weighted by atomic mass is 32.2. The summed E-state index contributed by atoms with van der Waals surface area (Å²) in [5.41, 5.74) is 4.30. The second kappa shape index (κ2) is 10.3. The fraction of sp³-hybridized carbons (Fsp3) is 0.375. The average molecular weight is 486 g/mol. The number of aromatic amines is 1. The molecule has 1 saturated carbocycles. The van der Waals surface area contributed by atoms with Crippen molar-refractivity contribution in [3.8, 4) is 17.0 Å². The van der Waals surface area contributed by atoms with E-state index in [1.165, 1.54) is 12.7 Å². The zero-order chi connectivity index (χ0) is 24.1. The maximum Gasteiger partial charge on any atom is 0.294 e. The van der Waals surface area contributed by atoms with Gasteiger partial charge in [0.05, 0.1) is 16.3 Å². The van der Waals surface area contributed by atoms with Gasteiger partial charge in [0.15, 0.2) is 9.84 Å². The van der Waals surface area contributed by atoms with Gasteiger partial charge in [-0.3, -0.25) is 5.10 Å². The minimum absolute atomic E-state index is 0.144. The Morgan fingerprint density at radius 2 is 1.82 bits per heavy atom. The Morgan fingerprint density at radius 3 is 2.50 bits per heavy atom. The first-order chi connectivity index (χ1) is 16.3. The number of H-pyrrole nitrogens is 1. The van der Waals surface area contributed by atoms with Gasteiger partial charge in [-0.15, -0.1) is 10.1 Å². The molecule has 4 rings (SSSR count). The first-order valence-corrected chi connectivity index (χ1v) is 13.1. The second-order valence-electron chi connectivity index (χ2n) is 8.53. The van der Waals surface area contributed by atoms with Crippen LogP contribution in [0.3, 0.4) is 0 Å². The standard InChI is InChI=1S/C24H27N3O6S/c1-34(30,31)21-12-10-19(11-13-21)24-23(18-7-3-2-4-8-18)22(25-26-24)16-32-20-9-5-6-17(14-20)15-33-27(28)29/h5-6,9-14,18H,2-4,7-8,15-16H2,1H3,(H,25,26). The highest BCUT2D eigenvalue weighted by Gasteiger charge is 2.25. The van der Waals surface area contributed by atoms with E-state index in [1.807, 2.05) is 0 Å². The molecule has 0 radical (unpaired) electrons. The lowest BCUT2D eigenvalue weighted by atomic mass is 9.82. The third-order valence-corrected chi connectivity index (χ3v) is 7.20. The van der Waals surface area contributed by atoms with E-state index in [1.54, 1.807) is 48.5 Å². The summed E-state index contributed by atoms with van der Waals surface area (Å²) < 4.78 is 29.7. The molecule has 9 nitrogen and oxygen atoms in total. The Hall–Kier alpha value is -3.40. The van der Waals surface area contributed by atoms with Gasteiger partial charge in [-0.2, -0.15) is 5.10 Å². The first kappa shape index (κ1) is 23.7. The van der Waals surface area contributed by atoms with Crippen molar-refractivity contribution in [2.45, 2.75) is 56.1 Å². The molecular weight excluding hydrogens is 458 g/mol. The Balaban J connectivity index is 1.59. The molecule has 3 aromatic rings. The quantitative estimate of drug-likeness (QED) is 0.340. The van der Waals surface area contributed by atoms with Crippen molar-refractivity contribution in [3.63, 3.8) is 0 Å². The fourth-order valence-electron chi connectivity index (χ4n) is 4.42. The van der Waals surface area contributed by atoms with E-state index in [9.17, 15) is 18.5 Å². The first-order valence-electron chi connectivity index (χ1n) is 11.2. The van der Waals surface area contributed by atoms with Crippen LogP contribution in [0, 0.1) is 10.1 Å². The number of benzene rings is 2. The normalized spacial score (nSPS) is 14.6. The molecule has 1 fully saturated rings. The van der Waals surface area contributed by atoms with E-state index in [0.717, 1.165) is 48.2 Å². The Bertz CT molecular complexity index is 1250. The zero-order valence-corrected chi connectivity index (χ0v) is 19.7. The summed E-state index contributed by atoms with van der Waals surface area (Å²) in [4.78, 5) is 15.2. The number of aromatic nitrogens is 2. The van der Waals surface area contributed by atoms with Crippen LogP contribution in [0.25, 0.3) is 11.3 Å². The van der Waals surface area contributed by atoms with Gasteiger partial charge in [-0.25, -0.2) is 8.42 Å². The average Bonchev–Trinajstić information content (AvgIpc) is 3.26. The van der Waals surface area contributed by atoms with E-state index in [2.05, 4.69) is 15.0 Å². The molecule has 0 bridgehead atoms. The van der Waals surface area contributed by atoms with E-state index in [0.29, 0.717) is 17.2 Å². The lowest BCUT2D eigenvalue weighted by molar-refractivity contribution is -0.763. The number of nitrogens with one attached hydrogen (secondary N) is 1. The summed E-state index contributed by atoms with van der Waals surface area (Å²) in [7, 11) is -3.27. The van der Waals surface area contributed by atoms with Crippen LogP contribution in [0.1, 0.15) is 54.8 Å². The number of nitrogens with zero attached hydrogens (tertiary/aromatic N) is 2. The highest BCUT2D eigenvalue weighted by molar-refractivity contribution is 7.90. The van der Waals surface area contributed by atoms with Crippen LogP contribution in [0.5, 0.6) is 5.75 Å². The monoisotopic (exact) mass is 485 g/mol. The lowest BCUT2D eigenvalue weighted by Gasteiger charge is -2.23. The zero-order valence-electron chi connectivity index (χ0n) is 18.9. The number of hydrogen-bond acceptors (Lipinski definition) is 7. The van der Waals surface area contributed by atoms with Gasteiger partial charge >= 0.3 is 0 Å². The van der Waals surface area contributed by atoms with Crippen molar-refractivity contribution < 1.29 is 23.1 Å². The Morgan fingerprint density at radius 1 is 1.09 bits per heavy atom.